The highest BCUT2D eigenvalue weighted by atomic mass is 16.9. The average Bonchev–Trinajstić information content (AvgIpc) is 2.41. The Morgan fingerprint density at radius 1 is 1.25 bits per heavy atom. The first-order valence-corrected chi connectivity index (χ1v) is 5.79. The van der Waals surface area contributed by atoms with Gasteiger partial charge in [-0.15, -0.1) is 0 Å². The third kappa shape index (κ3) is 2.83. The van der Waals surface area contributed by atoms with Crippen molar-refractivity contribution in [3.8, 4) is 5.75 Å². The van der Waals surface area contributed by atoms with Crippen LogP contribution in [0.25, 0.3) is 0 Å². The highest BCUT2D eigenvalue weighted by Crippen LogP contribution is 2.31. The van der Waals surface area contributed by atoms with Crippen molar-refractivity contribution in [1.29, 1.82) is 0 Å². The lowest BCUT2D eigenvalue weighted by Crippen LogP contribution is -2.65. The molecule has 0 bridgehead atoms. The largest absolute Gasteiger partial charge is 0.510 e. The molecule has 1 aromatic carbocycles. The van der Waals surface area contributed by atoms with Crippen LogP contribution in [0.4, 0.5) is 4.79 Å². The van der Waals surface area contributed by atoms with Crippen molar-refractivity contribution >= 4 is 6.16 Å². The molecule has 1 aromatic rings. The fourth-order valence-corrected chi connectivity index (χ4v) is 1.78. The van der Waals surface area contributed by atoms with Gasteiger partial charge in [0, 0.05) is 0 Å². The maximum Gasteiger partial charge on any atom is 0.510 e. The Morgan fingerprint density at radius 3 is 2.50 bits per heavy atom. The molecule has 1 heterocycles. The van der Waals surface area contributed by atoms with Crippen LogP contribution in [0, 0.1) is 0 Å². The summed E-state index contributed by atoms with van der Waals surface area (Å²) in [5, 5.41) is 37.7. The monoisotopic (exact) mass is 286 g/mol. The van der Waals surface area contributed by atoms with E-state index in [4.69, 9.17) is 14.6 Å². The topological polar surface area (TPSA) is 126 Å². The number of hydrogen-bond donors (Lipinski definition) is 4. The van der Waals surface area contributed by atoms with E-state index in [2.05, 4.69) is 4.74 Å². The van der Waals surface area contributed by atoms with Crippen molar-refractivity contribution < 1.29 is 39.4 Å². The highest BCUT2D eigenvalue weighted by Gasteiger charge is 2.56. The minimum absolute atomic E-state index is 0.163. The molecule has 1 aliphatic heterocycles. The number of carboxylic acid groups (broad SMARTS) is 1. The van der Waals surface area contributed by atoms with Gasteiger partial charge >= 0.3 is 12.1 Å². The number of ether oxygens (including phenoxy) is 3. The van der Waals surface area contributed by atoms with E-state index in [1.807, 2.05) is 0 Å². The van der Waals surface area contributed by atoms with Crippen molar-refractivity contribution in [2.45, 2.75) is 24.3 Å². The Balaban J connectivity index is 2.28. The zero-order chi connectivity index (χ0) is 14.8. The molecule has 0 amide bonds. The van der Waals surface area contributed by atoms with E-state index >= 15 is 0 Å². The van der Waals surface area contributed by atoms with Crippen molar-refractivity contribution in [3.63, 3.8) is 0 Å². The van der Waals surface area contributed by atoms with E-state index in [0.29, 0.717) is 0 Å². The minimum atomic E-state index is -2.44. The predicted octanol–water partition coefficient (Wildman–Crippen LogP) is -0.473. The van der Waals surface area contributed by atoms with Crippen LogP contribution in [0.3, 0.4) is 0 Å². The summed E-state index contributed by atoms with van der Waals surface area (Å²) >= 11 is 0. The lowest BCUT2D eigenvalue weighted by atomic mass is 10.0. The van der Waals surface area contributed by atoms with Crippen LogP contribution in [-0.4, -0.2) is 57.5 Å². The number of aliphatic hydroxyl groups excluding tert-OH is 3. The molecule has 0 saturated carbocycles. The van der Waals surface area contributed by atoms with Gasteiger partial charge in [0.15, 0.2) is 6.10 Å². The Morgan fingerprint density at radius 2 is 1.90 bits per heavy atom. The van der Waals surface area contributed by atoms with Crippen LogP contribution < -0.4 is 4.74 Å². The van der Waals surface area contributed by atoms with Crippen LogP contribution in [0.2, 0.25) is 0 Å². The van der Waals surface area contributed by atoms with Gasteiger partial charge in [-0.2, -0.15) is 0 Å². The van der Waals surface area contributed by atoms with Crippen LogP contribution in [0.5, 0.6) is 5.75 Å². The van der Waals surface area contributed by atoms with Crippen molar-refractivity contribution in [2.24, 2.45) is 0 Å². The van der Waals surface area contributed by atoms with Crippen LogP contribution in [0.15, 0.2) is 30.3 Å². The lowest BCUT2D eigenvalue weighted by molar-refractivity contribution is -0.400. The van der Waals surface area contributed by atoms with Crippen LogP contribution in [-0.2, 0) is 9.47 Å². The van der Waals surface area contributed by atoms with Gasteiger partial charge in [0.1, 0.15) is 18.0 Å². The molecule has 110 valence electrons. The molecule has 1 fully saturated rings. The standard InChI is InChI=1S/C12H14O8/c13-8-6-18-12(20-11(16)17,10(15)9(8)14)19-7-4-2-1-3-5-7/h1-5,8-10,13-15H,6H2,(H,16,17). The van der Waals surface area contributed by atoms with Gasteiger partial charge in [0.2, 0.25) is 0 Å². The van der Waals surface area contributed by atoms with Gasteiger partial charge in [-0.3, -0.25) is 0 Å². The molecule has 2 rings (SSSR count). The molecule has 20 heavy (non-hydrogen) atoms. The zero-order valence-corrected chi connectivity index (χ0v) is 10.2. The maximum atomic E-state index is 10.8. The average molecular weight is 286 g/mol. The quantitative estimate of drug-likeness (QED) is 0.434. The summed E-state index contributed by atoms with van der Waals surface area (Å²) in [6.45, 7) is -0.460. The minimum Gasteiger partial charge on any atom is -0.450 e. The maximum absolute atomic E-state index is 10.8. The number of aliphatic hydroxyl groups is 3. The van der Waals surface area contributed by atoms with Gasteiger partial charge in [-0.25, -0.2) is 4.79 Å². The summed E-state index contributed by atoms with van der Waals surface area (Å²) in [5.41, 5.74) is 0. The normalized spacial score (nSPS) is 33.5. The predicted molar refractivity (Wildman–Crippen MR) is 62.9 cm³/mol. The van der Waals surface area contributed by atoms with Crippen molar-refractivity contribution in [2.75, 3.05) is 6.61 Å². The number of hydrogen-bond acceptors (Lipinski definition) is 7. The van der Waals surface area contributed by atoms with E-state index in [1.54, 1.807) is 18.2 Å². The van der Waals surface area contributed by atoms with E-state index in [-0.39, 0.29) is 5.75 Å². The summed E-state index contributed by atoms with van der Waals surface area (Å²) in [4.78, 5) is 10.8. The molecule has 0 aromatic heterocycles. The lowest BCUT2D eigenvalue weighted by Gasteiger charge is -2.42. The molecule has 0 aliphatic carbocycles. The van der Waals surface area contributed by atoms with E-state index in [0.717, 1.165) is 0 Å². The second-order valence-electron chi connectivity index (χ2n) is 4.20. The van der Waals surface area contributed by atoms with E-state index in [9.17, 15) is 20.1 Å². The van der Waals surface area contributed by atoms with Gasteiger partial charge in [-0.05, 0) is 12.1 Å². The number of carbonyl (C=O) groups is 1. The fraction of sp³-hybridized carbons (Fsp3) is 0.417. The summed E-state index contributed by atoms with van der Waals surface area (Å²) in [5.74, 6) is -2.28. The third-order valence-electron chi connectivity index (χ3n) is 2.77. The molecule has 4 atom stereocenters. The van der Waals surface area contributed by atoms with Gasteiger partial charge < -0.3 is 34.6 Å². The first-order chi connectivity index (χ1) is 9.44. The van der Waals surface area contributed by atoms with Crippen molar-refractivity contribution in [3.05, 3.63) is 30.3 Å². The second-order valence-corrected chi connectivity index (χ2v) is 4.20. The Bertz CT molecular complexity index is 464. The summed E-state index contributed by atoms with van der Waals surface area (Å²) in [7, 11) is 0. The molecule has 1 saturated heterocycles. The van der Waals surface area contributed by atoms with Gasteiger partial charge in [0.25, 0.3) is 0 Å². The molecular formula is C12H14O8. The molecule has 1 aliphatic rings. The molecule has 4 unspecified atom stereocenters. The second kappa shape index (κ2) is 5.63. The summed E-state index contributed by atoms with van der Waals surface area (Å²) in [6, 6.07) is 7.91. The number of benzene rings is 1. The molecule has 8 nitrogen and oxygen atoms in total. The first-order valence-electron chi connectivity index (χ1n) is 5.79. The smallest absolute Gasteiger partial charge is 0.450 e. The van der Waals surface area contributed by atoms with Crippen LogP contribution >= 0.6 is 0 Å². The molecule has 0 radical (unpaired) electrons. The van der Waals surface area contributed by atoms with Crippen LogP contribution in [0.1, 0.15) is 0 Å². The fourth-order valence-electron chi connectivity index (χ4n) is 1.78. The zero-order valence-electron chi connectivity index (χ0n) is 10.2. The van der Waals surface area contributed by atoms with Gasteiger partial charge in [0.05, 0.1) is 6.61 Å². The molecule has 4 N–H and O–H groups in total. The Labute approximate surface area is 113 Å². The first kappa shape index (κ1) is 14.5. The number of rotatable bonds is 3. The number of para-hydroxylation sites is 1. The molecule has 8 heteroatoms. The highest BCUT2D eigenvalue weighted by molar-refractivity contribution is 5.57. The summed E-state index contributed by atoms with van der Waals surface area (Å²) < 4.78 is 14.7. The summed E-state index contributed by atoms with van der Waals surface area (Å²) in [6.07, 6.45) is -6.73. The van der Waals surface area contributed by atoms with E-state index < -0.39 is 37.0 Å². The van der Waals surface area contributed by atoms with Gasteiger partial charge in [-0.1, -0.05) is 18.2 Å². The molecule has 0 spiro atoms. The van der Waals surface area contributed by atoms with Crippen molar-refractivity contribution in [1.82, 2.24) is 0 Å². The Hall–Kier alpha value is -1.87. The van der Waals surface area contributed by atoms with E-state index in [1.165, 1.54) is 12.1 Å². The molecular weight excluding hydrogens is 272 g/mol. The SMILES string of the molecule is O=C(O)OC1(Oc2ccccc2)OCC(O)C(O)C1O. The third-order valence-corrected chi connectivity index (χ3v) is 2.77. The Kier molecular flexibility index (Phi) is 4.09.